The highest BCUT2D eigenvalue weighted by Crippen LogP contribution is 2.29. The van der Waals surface area contributed by atoms with Crippen molar-refractivity contribution in [1.29, 1.82) is 0 Å². The van der Waals surface area contributed by atoms with E-state index in [-0.39, 0.29) is 24.0 Å². The molecule has 1 heterocycles. The van der Waals surface area contributed by atoms with Crippen LogP contribution < -0.4 is 10.6 Å². The number of likely N-dealkylation sites (tertiary alicyclic amines) is 1. The second-order valence-electron chi connectivity index (χ2n) is 7.23. The summed E-state index contributed by atoms with van der Waals surface area (Å²) in [5.74, 6) is 2.75. The molecular formula is C17H35IN4. The third kappa shape index (κ3) is 5.87. The van der Waals surface area contributed by atoms with Crippen LogP contribution in [-0.4, -0.2) is 50.1 Å². The lowest BCUT2D eigenvalue weighted by molar-refractivity contribution is 0.249. The molecule has 0 spiro atoms. The van der Waals surface area contributed by atoms with Crippen molar-refractivity contribution in [3.05, 3.63) is 0 Å². The number of halogens is 1. The van der Waals surface area contributed by atoms with E-state index in [1.165, 1.54) is 45.1 Å². The van der Waals surface area contributed by atoms with Crippen LogP contribution in [0.15, 0.2) is 4.99 Å². The van der Waals surface area contributed by atoms with Gasteiger partial charge in [-0.25, -0.2) is 0 Å². The van der Waals surface area contributed by atoms with Gasteiger partial charge in [-0.2, -0.15) is 0 Å². The van der Waals surface area contributed by atoms with Gasteiger partial charge in [0, 0.05) is 25.7 Å². The summed E-state index contributed by atoms with van der Waals surface area (Å²) >= 11 is 0. The fourth-order valence-corrected chi connectivity index (χ4v) is 3.77. The maximum atomic E-state index is 4.40. The molecule has 1 saturated carbocycles. The van der Waals surface area contributed by atoms with Crippen molar-refractivity contribution < 1.29 is 0 Å². The van der Waals surface area contributed by atoms with E-state index in [4.69, 9.17) is 0 Å². The first-order valence-corrected chi connectivity index (χ1v) is 8.77. The number of nitrogens with one attached hydrogen (secondary N) is 2. The quantitative estimate of drug-likeness (QED) is 0.416. The molecule has 4 nitrogen and oxygen atoms in total. The zero-order valence-electron chi connectivity index (χ0n) is 14.8. The lowest BCUT2D eigenvalue weighted by Crippen LogP contribution is -2.48. The third-order valence-corrected chi connectivity index (χ3v) is 5.46. The Kier molecular flexibility index (Phi) is 9.05. The summed E-state index contributed by atoms with van der Waals surface area (Å²) in [4.78, 5) is 6.85. The number of hydrogen-bond acceptors (Lipinski definition) is 2. The molecule has 1 atom stereocenters. The van der Waals surface area contributed by atoms with E-state index >= 15 is 0 Å². The molecule has 5 heteroatoms. The van der Waals surface area contributed by atoms with Crippen molar-refractivity contribution in [3.8, 4) is 0 Å². The minimum absolute atomic E-state index is 0. The van der Waals surface area contributed by atoms with Gasteiger partial charge in [0.15, 0.2) is 5.96 Å². The van der Waals surface area contributed by atoms with Crippen molar-refractivity contribution in [2.24, 2.45) is 16.8 Å². The van der Waals surface area contributed by atoms with Crippen LogP contribution in [0.2, 0.25) is 0 Å². The molecule has 0 bridgehead atoms. The average molecular weight is 422 g/mol. The summed E-state index contributed by atoms with van der Waals surface area (Å²) in [5, 5.41) is 7.14. The number of nitrogens with zero attached hydrogens (tertiary/aromatic N) is 2. The molecule has 2 N–H and O–H groups in total. The van der Waals surface area contributed by atoms with E-state index in [2.05, 4.69) is 41.4 Å². The summed E-state index contributed by atoms with van der Waals surface area (Å²) in [6.45, 7) is 6.96. The number of rotatable bonds is 4. The van der Waals surface area contributed by atoms with Crippen molar-refractivity contribution in [3.63, 3.8) is 0 Å². The Bertz CT molecular complexity index is 338. The third-order valence-electron chi connectivity index (χ3n) is 5.46. The van der Waals surface area contributed by atoms with Crippen LogP contribution in [0, 0.1) is 11.8 Å². The Labute approximate surface area is 153 Å². The fourth-order valence-electron chi connectivity index (χ4n) is 3.77. The first-order valence-electron chi connectivity index (χ1n) is 8.77. The highest BCUT2D eigenvalue weighted by molar-refractivity contribution is 14.0. The number of likely N-dealkylation sites (N-methyl/N-ethyl adjacent to an activating group) is 1. The second kappa shape index (κ2) is 9.96. The molecule has 1 unspecified atom stereocenters. The van der Waals surface area contributed by atoms with Gasteiger partial charge in [-0.15, -0.1) is 24.0 Å². The molecule has 1 aliphatic carbocycles. The minimum atomic E-state index is 0. The van der Waals surface area contributed by atoms with E-state index in [0.29, 0.717) is 12.1 Å². The largest absolute Gasteiger partial charge is 0.355 e. The molecule has 1 aliphatic heterocycles. The van der Waals surface area contributed by atoms with Crippen molar-refractivity contribution in [2.45, 2.75) is 64.5 Å². The maximum Gasteiger partial charge on any atom is 0.191 e. The molecule has 0 aromatic carbocycles. The van der Waals surface area contributed by atoms with Crippen molar-refractivity contribution >= 4 is 29.9 Å². The van der Waals surface area contributed by atoms with Crippen LogP contribution in [0.5, 0.6) is 0 Å². The molecule has 2 fully saturated rings. The second-order valence-corrected chi connectivity index (χ2v) is 7.23. The molecule has 130 valence electrons. The predicted molar refractivity (Wildman–Crippen MR) is 106 cm³/mol. The molecule has 1 saturated heterocycles. The van der Waals surface area contributed by atoms with Gasteiger partial charge in [-0.05, 0) is 64.0 Å². The molecular weight excluding hydrogens is 387 g/mol. The molecule has 0 radical (unpaired) electrons. The van der Waals surface area contributed by atoms with Crippen LogP contribution in [0.3, 0.4) is 0 Å². The van der Waals surface area contributed by atoms with Gasteiger partial charge in [-0.1, -0.05) is 13.8 Å². The van der Waals surface area contributed by atoms with Crippen molar-refractivity contribution in [1.82, 2.24) is 15.5 Å². The Morgan fingerprint density at radius 1 is 1.18 bits per heavy atom. The van der Waals surface area contributed by atoms with Gasteiger partial charge in [0.1, 0.15) is 0 Å². The van der Waals surface area contributed by atoms with Crippen LogP contribution in [0.1, 0.15) is 52.4 Å². The Morgan fingerprint density at radius 2 is 1.86 bits per heavy atom. The van der Waals surface area contributed by atoms with Gasteiger partial charge >= 0.3 is 0 Å². The fraction of sp³-hybridized carbons (Fsp3) is 0.941. The molecule has 2 aliphatic rings. The number of hydrogen-bond donors (Lipinski definition) is 2. The maximum absolute atomic E-state index is 4.40. The van der Waals surface area contributed by atoms with Crippen LogP contribution >= 0.6 is 24.0 Å². The Balaban J connectivity index is 0.00000242. The Morgan fingerprint density at radius 3 is 2.36 bits per heavy atom. The van der Waals surface area contributed by atoms with E-state index < -0.39 is 0 Å². The predicted octanol–water partition coefficient (Wildman–Crippen LogP) is 3.08. The molecule has 0 aromatic rings. The monoisotopic (exact) mass is 422 g/mol. The molecule has 22 heavy (non-hydrogen) atoms. The zero-order chi connectivity index (χ0) is 15.2. The lowest BCUT2D eigenvalue weighted by Gasteiger charge is -2.32. The SMILES string of the molecule is CN=C(NCC1CCCN1C)NC1CCC(C(C)C)CC1.I. The molecule has 0 aromatic heterocycles. The molecule has 0 amide bonds. The zero-order valence-corrected chi connectivity index (χ0v) is 17.1. The highest BCUT2D eigenvalue weighted by atomic mass is 127. The smallest absolute Gasteiger partial charge is 0.191 e. The van der Waals surface area contributed by atoms with Gasteiger partial charge < -0.3 is 15.5 Å². The standard InChI is InChI=1S/C17H34N4.HI/c1-13(2)14-7-9-15(10-8-14)20-17(18-3)19-12-16-6-5-11-21(16)4;/h13-16H,5-12H2,1-4H3,(H2,18,19,20);1H. The first kappa shape index (κ1) is 20.0. The van der Waals surface area contributed by atoms with E-state index in [1.807, 2.05) is 7.05 Å². The van der Waals surface area contributed by atoms with Gasteiger partial charge in [0.25, 0.3) is 0 Å². The van der Waals surface area contributed by atoms with E-state index in [1.54, 1.807) is 0 Å². The highest BCUT2D eigenvalue weighted by Gasteiger charge is 2.24. The minimum Gasteiger partial charge on any atom is -0.355 e. The van der Waals surface area contributed by atoms with Crippen LogP contribution in [0.4, 0.5) is 0 Å². The summed E-state index contributed by atoms with van der Waals surface area (Å²) in [6, 6.07) is 1.27. The normalized spacial score (nSPS) is 30.2. The summed E-state index contributed by atoms with van der Waals surface area (Å²) < 4.78 is 0. The van der Waals surface area contributed by atoms with Gasteiger partial charge in [0.05, 0.1) is 0 Å². The van der Waals surface area contributed by atoms with E-state index in [9.17, 15) is 0 Å². The van der Waals surface area contributed by atoms with Crippen LogP contribution in [0.25, 0.3) is 0 Å². The Hall–Kier alpha value is -0.0400. The average Bonchev–Trinajstić information content (AvgIpc) is 2.89. The summed E-state index contributed by atoms with van der Waals surface area (Å²) in [5.41, 5.74) is 0. The number of aliphatic imine (C=N–C) groups is 1. The van der Waals surface area contributed by atoms with E-state index in [0.717, 1.165) is 24.3 Å². The number of guanidine groups is 1. The molecule has 2 rings (SSSR count). The van der Waals surface area contributed by atoms with Crippen LogP contribution in [-0.2, 0) is 0 Å². The lowest BCUT2D eigenvalue weighted by atomic mass is 9.80. The first-order chi connectivity index (χ1) is 10.1. The summed E-state index contributed by atoms with van der Waals surface area (Å²) in [7, 11) is 4.11. The topological polar surface area (TPSA) is 39.7 Å². The van der Waals surface area contributed by atoms with Crippen molar-refractivity contribution in [2.75, 3.05) is 27.2 Å². The summed E-state index contributed by atoms with van der Waals surface area (Å²) in [6.07, 6.45) is 7.92. The van der Waals surface area contributed by atoms with Gasteiger partial charge in [0.2, 0.25) is 0 Å². The van der Waals surface area contributed by atoms with Gasteiger partial charge in [-0.3, -0.25) is 4.99 Å².